The maximum absolute atomic E-state index is 2.45. The molecule has 0 radical (unpaired) electrons. The Hall–Kier alpha value is 0. The third-order valence-corrected chi connectivity index (χ3v) is 3.76. The van der Waals surface area contributed by atoms with Gasteiger partial charge in [-0.15, -0.1) is 0 Å². The predicted octanol–water partition coefficient (Wildman–Crippen LogP) is 4.25. The summed E-state index contributed by atoms with van der Waals surface area (Å²) >= 11 is 0. The second-order valence-electron chi connectivity index (χ2n) is 4.97. The van der Waals surface area contributed by atoms with Crippen molar-refractivity contribution in [2.45, 2.75) is 59.8 Å². The summed E-state index contributed by atoms with van der Waals surface area (Å²) in [6.45, 7) is 9.51. The van der Waals surface area contributed by atoms with Crippen LogP contribution in [0.4, 0.5) is 0 Å². The van der Waals surface area contributed by atoms with Crippen LogP contribution in [0.15, 0.2) is 0 Å². The van der Waals surface area contributed by atoms with Crippen molar-refractivity contribution in [3.63, 3.8) is 0 Å². The van der Waals surface area contributed by atoms with Crippen LogP contribution < -0.4 is 0 Å². The monoisotopic (exact) mass is 168 g/mol. The van der Waals surface area contributed by atoms with Crippen molar-refractivity contribution in [1.29, 1.82) is 0 Å². The first-order valence-electron chi connectivity index (χ1n) is 5.64. The zero-order chi connectivity index (χ0) is 9.19. The Balaban J connectivity index is 2.27. The average molecular weight is 168 g/mol. The summed E-state index contributed by atoms with van der Waals surface area (Å²) in [4.78, 5) is 0. The normalized spacial score (nSPS) is 32.0. The molecule has 0 nitrogen and oxygen atoms in total. The van der Waals surface area contributed by atoms with Crippen molar-refractivity contribution in [2.24, 2.45) is 17.3 Å². The van der Waals surface area contributed by atoms with Crippen LogP contribution in [0.1, 0.15) is 59.8 Å². The number of hydrogen-bond donors (Lipinski definition) is 0. The highest BCUT2D eigenvalue weighted by atomic mass is 14.6. The second kappa shape index (κ2) is 3.81. The molecule has 0 spiro atoms. The van der Waals surface area contributed by atoms with E-state index in [4.69, 9.17) is 0 Å². The van der Waals surface area contributed by atoms with Gasteiger partial charge in [0.05, 0.1) is 0 Å². The molecule has 1 aliphatic rings. The predicted molar refractivity (Wildman–Crippen MR) is 55.2 cm³/mol. The lowest BCUT2D eigenvalue weighted by Gasteiger charge is -2.00. The van der Waals surface area contributed by atoms with Crippen molar-refractivity contribution < 1.29 is 0 Å². The molecule has 0 amide bonds. The highest BCUT2D eigenvalue weighted by Gasteiger charge is 2.55. The fourth-order valence-corrected chi connectivity index (χ4v) is 2.74. The summed E-state index contributed by atoms with van der Waals surface area (Å²) in [6, 6.07) is 0. The first-order chi connectivity index (χ1) is 5.64. The van der Waals surface area contributed by atoms with Crippen molar-refractivity contribution in [3.05, 3.63) is 0 Å². The summed E-state index contributed by atoms with van der Waals surface area (Å²) in [5.74, 6) is 2.10. The van der Waals surface area contributed by atoms with Gasteiger partial charge >= 0.3 is 0 Å². The number of rotatable bonds is 5. The molecule has 0 aromatic heterocycles. The first-order valence-corrected chi connectivity index (χ1v) is 5.64. The van der Waals surface area contributed by atoms with E-state index in [0.717, 1.165) is 11.8 Å². The zero-order valence-corrected chi connectivity index (χ0v) is 9.19. The Morgan fingerprint density at radius 2 is 1.50 bits per heavy atom. The summed E-state index contributed by atoms with van der Waals surface area (Å²) in [5.41, 5.74) is 0.686. The minimum atomic E-state index is 0.686. The molecule has 0 heteroatoms. The molecule has 0 aromatic carbocycles. The van der Waals surface area contributed by atoms with Crippen LogP contribution in [0.2, 0.25) is 0 Å². The Morgan fingerprint density at radius 1 is 0.917 bits per heavy atom. The third kappa shape index (κ3) is 1.84. The van der Waals surface area contributed by atoms with Gasteiger partial charge < -0.3 is 0 Å². The highest BCUT2D eigenvalue weighted by molar-refractivity contribution is 5.03. The molecule has 72 valence electrons. The average Bonchev–Trinajstić information content (AvgIpc) is 2.51. The van der Waals surface area contributed by atoms with E-state index in [2.05, 4.69) is 27.7 Å². The van der Waals surface area contributed by atoms with Gasteiger partial charge in [0.25, 0.3) is 0 Å². The molecule has 0 saturated heterocycles. The topological polar surface area (TPSA) is 0 Å². The van der Waals surface area contributed by atoms with Crippen molar-refractivity contribution >= 4 is 0 Å². The number of hydrogen-bond acceptors (Lipinski definition) is 0. The van der Waals surface area contributed by atoms with E-state index < -0.39 is 0 Å². The zero-order valence-electron chi connectivity index (χ0n) is 9.19. The second-order valence-corrected chi connectivity index (χ2v) is 4.97. The smallest absolute Gasteiger partial charge is 0.0292 e. The van der Waals surface area contributed by atoms with Gasteiger partial charge in [-0.05, 0) is 30.1 Å². The van der Waals surface area contributed by atoms with Crippen LogP contribution in [0, 0.1) is 17.3 Å². The van der Waals surface area contributed by atoms with E-state index in [1.54, 1.807) is 0 Å². The minimum Gasteiger partial charge on any atom is -0.0654 e. The third-order valence-electron chi connectivity index (χ3n) is 3.76. The molecule has 1 saturated carbocycles. The van der Waals surface area contributed by atoms with Gasteiger partial charge in [-0.1, -0.05) is 47.0 Å². The van der Waals surface area contributed by atoms with Crippen LogP contribution in [0.5, 0.6) is 0 Å². The first kappa shape index (κ1) is 10.1. The van der Waals surface area contributed by atoms with E-state index in [-0.39, 0.29) is 0 Å². The summed E-state index contributed by atoms with van der Waals surface area (Å²) < 4.78 is 0. The van der Waals surface area contributed by atoms with Crippen molar-refractivity contribution in [3.8, 4) is 0 Å². The van der Waals surface area contributed by atoms with E-state index in [1.807, 2.05) is 0 Å². The van der Waals surface area contributed by atoms with Crippen LogP contribution in [-0.2, 0) is 0 Å². The molecule has 0 heterocycles. The van der Waals surface area contributed by atoms with Crippen molar-refractivity contribution in [1.82, 2.24) is 0 Å². The Labute approximate surface area is 77.7 Å². The Bertz CT molecular complexity index is 135. The molecule has 0 N–H and O–H groups in total. The molecule has 0 bridgehead atoms. The van der Waals surface area contributed by atoms with Gasteiger partial charge in [-0.2, -0.15) is 0 Å². The standard InChI is InChI=1S/C12H24/c1-5-7-9-11-10(8-6-2)12(11,3)4/h10-11H,5-9H2,1-4H3. The molecule has 1 fully saturated rings. The van der Waals surface area contributed by atoms with Crippen LogP contribution in [0.25, 0.3) is 0 Å². The lowest BCUT2D eigenvalue weighted by atomic mass is 10.1. The maximum atomic E-state index is 2.45. The SMILES string of the molecule is CCCCC1C(CCC)C1(C)C. The quantitative estimate of drug-likeness (QED) is 0.575. The van der Waals surface area contributed by atoms with E-state index in [9.17, 15) is 0 Å². The fraction of sp³-hybridized carbons (Fsp3) is 1.00. The van der Waals surface area contributed by atoms with Gasteiger partial charge in [0.2, 0.25) is 0 Å². The summed E-state index contributed by atoms with van der Waals surface area (Å²) in [7, 11) is 0. The molecule has 2 atom stereocenters. The van der Waals surface area contributed by atoms with E-state index in [1.165, 1.54) is 32.1 Å². The summed E-state index contributed by atoms with van der Waals surface area (Å²) in [5, 5.41) is 0. The molecule has 2 unspecified atom stereocenters. The molecule has 12 heavy (non-hydrogen) atoms. The molecular weight excluding hydrogens is 144 g/mol. The Morgan fingerprint density at radius 3 is 2.00 bits per heavy atom. The lowest BCUT2D eigenvalue weighted by Crippen LogP contribution is -1.90. The molecule has 1 aliphatic carbocycles. The van der Waals surface area contributed by atoms with Gasteiger partial charge in [0, 0.05) is 0 Å². The molecular formula is C12H24. The Kier molecular flexibility index (Phi) is 3.20. The molecule has 0 aromatic rings. The lowest BCUT2D eigenvalue weighted by molar-refractivity contribution is 0.504. The van der Waals surface area contributed by atoms with Gasteiger partial charge in [-0.3, -0.25) is 0 Å². The highest BCUT2D eigenvalue weighted by Crippen LogP contribution is 2.62. The maximum Gasteiger partial charge on any atom is -0.0292 e. The number of unbranched alkanes of at least 4 members (excludes halogenated alkanes) is 1. The molecule has 1 rings (SSSR count). The largest absolute Gasteiger partial charge is 0.0654 e. The minimum absolute atomic E-state index is 0.686. The van der Waals surface area contributed by atoms with Crippen LogP contribution in [-0.4, -0.2) is 0 Å². The van der Waals surface area contributed by atoms with Crippen LogP contribution in [0.3, 0.4) is 0 Å². The van der Waals surface area contributed by atoms with Gasteiger partial charge in [0.15, 0.2) is 0 Å². The fourth-order valence-electron chi connectivity index (χ4n) is 2.74. The van der Waals surface area contributed by atoms with E-state index in [0.29, 0.717) is 5.41 Å². The van der Waals surface area contributed by atoms with Crippen LogP contribution >= 0.6 is 0 Å². The van der Waals surface area contributed by atoms with Gasteiger partial charge in [-0.25, -0.2) is 0 Å². The summed E-state index contributed by atoms with van der Waals surface area (Å²) in [6.07, 6.45) is 7.12. The van der Waals surface area contributed by atoms with Crippen molar-refractivity contribution in [2.75, 3.05) is 0 Å². The molecule has 0 aliphatic heterocycles. The van der Waals surface area contributed by atoms with Gasteiger partial charge in [0.1, 0.15) is 0 Å². The van der Waals surface area contributed by atoms with E-state index >= 15 is 0 Å².